The minimum atomic E-state index is -0.283. The van der Waals surface area contributed by atoms with E-state index in [0.717, 1.165) is 33.4 Å². The predicted molar refractivity (Wildman–Crippen MR) is 75.2 cm³/mol. The molecule has 0 aliphatic heterocycles. The molecule has 0 spiro atoms. The monoisotopic (exact) mass is 252 g/mol. The molecular weight excluding hydrogens is 236 g/mol. The van der Waals surface area contributed by atoms with Crippen molar-refractivity contribution in [3.05, 3.63) is 58.7 Å². The molecule has 2 aromatic carbocycles. The van der Waals surface area contributed by atoms with Gasteiger partial charge in [-0.05, 0) is 36.1 Å². The molecule has 1 aliphatic rings. The lowest BCUT2D eigenvalue weighted by Crippen LogP contribution is -2.13. The van der Waals surface area contributed by atoms with Crippen LogP contribution in [0, 0.1) is 13.8 Å². The fourth-order valence-corrected chi connectivity index (χ4v) is 2.87. The topological polar surface area (TPSA) is 26.3 Å². The number of hydrogen-bond acceptors (Lipinski definition) is 2. The van der Waals surface area contributed by atoms with E-state index in [-0.39, 0.29) is 11.9 Å². The quantitative estimate of drug-likeness (QED) is 0.725. The van der Waals surface area contributed by atoms with Crippen LogP contribution in [0.4, 0.5) is 0 Å². The maximum atomic E-state index is 12.1. The van der Waals surface area contributed by atoms with Crippen LogP contribution >= 0.6 is 0 Å². The Kier molecular flexibility index (Phi) is 2.67. The summed E-state index contributed by atoms with van der Waals surface area (Å²) in [6.07, 6.45) is 0. The van der Waals surface area contributed by atoms with Gasteiger partial charge in [-0.1, -0.05) is 47.5 Å². The van der Waals surface area contributed by atoms with Crippen LogP contribution in [-0.4, -0.2) is 13.1 Å². The first kappa shape index (κ1) is 12.0. The Labute approximate surface area is 113 Å². The minimum Gasteiger partial charge on any atom is -0.468 e. The zero-order valence-electron chi connectivity index (χ0n) is 11.4. The van der Waals surface area contributed by atoms with Crippen molar-refractivity contribution in [3.8, 4) is 11.1 Å². The van der Waals surface area contributed by atoms with Gasteiger partial charge < -0.3 is 4.74 Å². The molecule has 0 saturated carbocycles. The van der Waals surface area contributed by atoms with Crippen molar-refractivity contribution >= 4 is 5.97 Å². The number of benzene rings is 2. The molecule has 2 aromatic rings. The van der Waals surface area contributed by atoms with Crippen LogP contribution in [0.1, 0.15) is 28.2 Å². The third kappa shape index (κ3) is 1.75. The molecule has 0 bridgehead atoms. The van der Waals surface area contributed by atoms with Gasteiger partial charge in [0, 0.05) is 0 Å². The van der Waals surface area contributed by atoms with Gasteiger partial charge in [-0.15, -0.1) is 0 Å². The Morgan fingerprint density at radius 1 is 0.947 bits per heavy atom. The van der Waals surface area contributed by atoms with Crippen molar-refractivity contribution < 1.29 is 9.53 Å². The summed E-state index contributed by atoms with van der Waals surface area (Å²) in [7, 11) is 1.45. The minimum absolute atomic E-state index is 0.184. The molecule has 0 aromatic heterocycles. The van der Waals surface area contributed by atoms with Gasteiger partial charge in [0.1, 0.15) is 5.92 Å². The van der Waals surface area contributed by atoms with Gasteiger partial charge in [-0.25, -0.2) is 0 Å². The van der Waals surface area contributed by atoms with Gasteiger partial charge in [0.15, 0.2) is 0 Å². The van der Waals surface area contributed by atoms with Gasteiger partial charge in [0.25, 0.3) is 0 Å². The number of ether oxygens (including phenoxy) is 1. The van der Waals surface area contributed by atoms with Crippen molar-refractivity contribution in [2.24, 2.45) is 0 Å². The Bertz CT molecular complexity index is 619. The van der Waals surface area contributed by atoms with E-state index >= 15 is 0 Å². The second kappa shape index (κ2) is 4.23. The third-order valence-corrected chi connectivity index (χ3v) is 3.76. The van der Waals surface area contributed by atoms with Gasteiger partial charge in [-0.3, -0.25) is 4.79 Å². The van der Waals surface area contributed by atoms with Crippen LogP contribution in [0.25, 0.3) is 11.1 Å². The summed E-state index contributed by atoms with van der Waals surface area (Å²) in [6, 6.07) is 12.5. The Hall–Kier alpha value is -2.09. The van der Waals surface area contributed by atoms with Gasteiger partial charge in [0.05, 0.1) is 7.11 Å². The van der Waals surface area contributed by atoms with E-state index in [9.17, 15) is 4.79 Å². The van der Waals surface area contributed by atoms with Gasteiger partial charge >= 0.3 is 5.97 Å². The maximum absolute atomic E-state index is 12.1. The molecule has 2 heteroatoms. The van der Waals surface area contributed by atoms with Crippen LogP contribution in [0.2, 0.25) is 0 Å². The zero-order chi connectivity index (χ0) is 13.6. The summed E-state index contributed by atoms with van der Waals surface area (Å²) < 4.78 is 4.99. The van der Waals surface area contributed by atoms with Crippen molar-refractivity contribution in [2.75, 3.05) is 7.11 Å². The summed E-state index contributed by atoms with van der Waals surface area (Å²) in [5.74, 6) is -0.467. The number of carbonyl (C=O) groups is 1. The number of methoxy groups -OCH3 is 1. The molecule has 0 unspecified atom stereocenters. The average molecular weight is 252 g/mol. The number of esters is 1. The third-order valence-electron chi connectivity index (χ3n) is 3.76. The van der Waals surface area contributed by atoms with Gasteiger partial charge in [-0.2, -0.15) is 0 Å². The lowest BCUT2D eigenvalue weighted by molar-refractivity contribution is -0.141. The Morgan fingerprint density at radius 2 is 1.42 bits per heavy atom. The number of rotatable bonds is 1. The average Bonchev–Trinajstić information content (AvgIpc) is 2.70. The highest BCUT2D eigenvalue weighted by atomic mass is 16.5. The fraction of sp³-hybridized carbons (Fsp3) is 0.235. The molecule has 0 atom stereocenters. The molecule has 2 nitrogen and oxygen atoms in total. The first-order valence-electron chi connectivity index (χ1n) is 6.41. The molecule has 0 fully saturated rings. The molecular formula is C17H16O2. The van der Waals surface area contributed by atoms with E-state index in [1.165, 1.54) is 7.11 Å². The first-order valence-corrected chi connectivity index (χ1v) is 6.41. The largest absolute Gasteiger partial charge is 0.468 e. The van der Waals surface area contributed by atoms with Crippen molar-refractivity contribution in [1.29, 1.82) is 0 Å². The van der Waals surface area contributed by atoms with Crippen molar-refractivity contribution in [3.63, 3.8) is 0 Å². The predicted octanol–water partition coefficient (Wildman–Crippen LogP) is 3.59. The van der Waals surface area contributed by atoms with E-state index < -0.39 is 0 Å². The molecule has 0 heterocycles. The zero-order valence-corrected chi connectivity index (χ0v) is 11.4. The van der Waals surface area contributed by atoms with E-state index in [1.807, 2.05) is 13.8 Å². The van der Waals surface area contributed by atoms with E-state index in [0.29, 0.717) is 0 Å². The van der Waals surface area contributed by atoms with Crippen LogP contribution in [0.3, 0.4) is 0 Å². The molecule has 0 N–H and O–H groups in total. The molecule has 0 saturated heterocycles. The highest BCUT2D eigenvalue weighted by molar-refractivity contribution is 5.93. The smallest absolute Gasteiger partial charge is 0.317 e. The van der Waals surface area contributed by atoms with E-state index in [1.54, 1.807) is 0 Å². The SMILES string of the molecule is COC(=O)C1c2cc(C)ccc2-c2ccc(C)cc21. The second-order valence-corrected chi connectivity index (χ2v) is 5.14. The molecule has 19 heavy (non-hydrogen) atoms. The molecule has 0 amide bonds. The van der Waals surface area contributed by atoms with Crippen LogP contribution < -0.4 is 0 Å². The van der Waals surface area contributed by atoms with E-state index in [2.05, 4.69) is 36.4 Å². The van der Waals surface area contributed by atoms with Crippen LogP contribution in [0.5, 0.6) is 0 Å². The maximum Gasteiger partial charge on any atom is 0.317 e. The second-order valence-electron chi connectivity index (χ2n) is 5.14. The molecule has 96 valence electrons. The molecule has 3 rings (SSSR count). The van der Waals surface area contributed by atoms with Gasteiger partial charge in [0.2, 0.25) is 0 Å². The summed E-state index contributed by atoms with van der Waals surface area (Å²) in [5.41, 5.74) is 6.75. The van der Waals surface area contributed by atoms with Crippen LogP contribution in [-0.2, 0) is 9.53 Å². The summed E-state index contributed by atoms with van der Waals surface area (Å²) in [4.78, 5) is 12.1. The molecule has 0 radical (unpaired) electrons. The van der Waals surface area contributed by atoms with Crippen LogP contribution in [0.15, 0.2) is 36.4 Å². The summed E-state index contributed by atoms with van der Waals surface area (Å²) >= 11 is 0. The Balaban J connectivity index is 2.29. The van der Waals surface area contributed by atoms with Crippen molar-refractivity contribution in [1.82, 2.24) is 0 Å². The Morgan fingerprint density at radius 3 is 1.84 bits per heavy atom. The standard InChI is InChI=1S/C17H16O2/c1-10-4-6-12-13-7-5-11(2)9-15(13)16(14(12)8-10)17(18)19-3/h4-9,16H,1-3H3. The lowest BCUT2D eigenvalue weighted by atomic mass is 9.95. The number of fused-ring (bicyclic) bond motifs is 3. The fourth-order valence-electron chi connectivity index (χ4n) is 2.87. The summed E-state index contributed by atoms with van der Waals surface area (Å²) in [6.45, 7) is 4.09. The number of carbonyl (C=O) groups excluding carboxylic acids is 1. The highest BCUT2D eigenvalue weighted by Gasteiger charge is 2.34. The number of hydrogen-bond donors (Lipinski definition) is 0. The van der Waals surface area contributed by atoms with Crippen molar-refractivity contribution in [2.45, 2.75) is 19.8 Å². The molecule has 1 aliphatic carbocycles. The first-order chi connectivity index (χ1) is 9.11. The highest BCUT2D eigenvalue weighted by Crippen LogP contribution is 2.45. The number of aryl methyl sites for hydroxylation is 2. The normalized spacial score (nSPS) is 13.0. The lowest BCUT2D eigenvalue weighted by Gasteiger charge is -2.11. The van der Waals surface area contributed by atoms with E-state index in [4.69, 9.17) is 4.74 Å². The summed E-state index contributed by atoms with van der Waals surface area (Å²) in [5, 5.41) is 0.